The zero-order valence-corrected chi connectivity index (χ0v) is 10.9. The molecule has 2 aromatic heterocycles. The number of hydrogen-bond acceptors (Lipinski definition) is 5. The molecule has 1 aliphatic rings. The van der Waals surface area contributed by atoms with E-state index in [1.165, 1.54) is 10.6 Å². The smallest absolute Gasteiger partial charge is 0.114 e. The Bertz CT molecular complexity index is 465. The number of pyridine rings is 1. The predicted octanol–water partition coefficient (Wildman–Crippen LogP) is 1.53. The molecule has 1 atom stereocenters. The molecule has 0 amide bonds. The van der Waals surface area contributed by atoms with Gasteiger partial charge in [-0.1, -0.05) is 0 Å². The van der Waals surface area contributed by atoms with E-state index in [2.05, 4.69) is 32.3 Å². The fourth-order valence-corrected chi connectivity index (χ4v) is 3.16. The number of aromatic nitrogens is 2. The molecule has 1 saturated heterocycles. The van der Waals surface area contributed by atoms with Crippen molar-refractivity contribution in [3.8, 4) is 0 Å². The summed E-state index contributed by atoms with van der Waals surface area (Å²) in [6, 6.07) is 4.46. The molecule has 0 aromatic carbocycles. The largest absolute Gasteiger partial charge is 0.314 e. The zero-order valence-electron chi connectivity index (χ0n) is 10.1. The van der Waals surface area contributed by atoms with E-state index >= 15 is 0 Å². The predicted molar refractivity (Wildman–Crippen MR) is 72.6 cm³/mol. The first-order chi connectivity index (χ1) is 8.95. The van der Waals surface area contributed by atoms with Gasteiger partial charge in [-0.15, -0.1) is 11.3 Å². The second-order valence-electron chi connectivity index (χ2n) is 4.34. The number of hydrogen-bond donors (Lipinski definition) is 1. The van der Waals surface area contributed by atoms with E-state index in [0.717, 1.165) is 26.2 Å². The van der Waals surface area contributed by atoms with Gasteiger partial charge >= 0.3 is 0 Å². The van der Waals surface area contributed by atoms with Gasteiger partial charge in [0, 0.05) is 50.1 Å². The van der Waals surface area contributed by atoms with Crippen LogP contribution in [0.1, 0.15) is 16.6 Å². The summed E-state index contributed by atoms with van der Waals surface area (Å²) in [6.45, 7) is 4.22. The van der Waals surface area contributed by atoms with Crippen LogP contribution in [0.5, 0.6) is 0 Å². The molecule has 4 nitrogen and oxygen atoms in total. The molecule has 3 heterocycles. The van der Waals surface area contributed by atoms with Crippen LogP contribution in [0.2, 0.25) is 0 Å². The van der Waals surface area contributed by atoms with Crippen molar-refractivity contribution < 1.29 is 0 Å². The molecular formula is C13H16N4S. The summed E-state index contributed by atoms with van der Waals surface area (Å²) < 4.78 is 0. The van der Waals surface area contributed by atoms with E-state index in [0.29, 0.717) is 0 Å². The topological polar surface area (TPSA) is 41.1 Å². The third-order valence-corrected chi connectivity index (χ3v) is 4.05. The molecule has 0 aliphatic carbocycles. The molecule has 18 heavy (non-hydrogen) atoms. The van der Waals surface area contributed by atoms with Gasteiger partial charge in [0.15, 0.2) is 0 Å². The lowest BCUT2D eigenvalue weighted by Crippen LogP contribution is -2.45. The minimum Gasteiger partial charge on any atom is -0.314 e. The highest BCUT2D eigenvalue weighted by Gasteiger charge is 2.25. The lowest BCUT2D eigenvalue weighted by atomic mass is 10.1. The fourth-order valence-electron chi connectivity index (χ4n) is 2.37. The average molecular weight is 260 g/mol. The van der Waals surface area contributed by atoms with E-state index in [1.54, 1.807) is 11.3 Å². The van der Waals surface area contributed by atoms with Gasteiger partial charge in [-0.25, -0.2) is 4.98 Å². The van der Waals surface area contributed by atoms with Crippen LogP contribution < -0.4 is 5.32 Å². The minimum absolute atomic E-state index is 0.273. The summed E-state index contributed by atoms with van der Waals surface area (Å²) in [5.41, 5.74) is 1.28. The van der Waals surface area contributed by atoms with Crippen LogP contribution in [0.3, 0.4) is 0 Å². The first-order valence-electron chi connectivity index (χ1n) is 6.19. The maximum atomic E-state index is 4.50. The van der Waals surface area contributed by atoms with Crippen LogP contribution in [-0.2, 0) is 0 Å². The molecule has 94 valence electrons. The van der Waals surface area contributed by atoms with Gasteiger partial charge in [-0.2, -0.15) is 0 Å². The Balaban J connectivity index is 1.93. The van der Waals surface area contributed by atoms with E-state index in [-0.39, 0.29) is 6.04 Å². The van der Waals surface area contributed by atoms with Gasteiger partial charge in [0.2, 0.25) is 0 Å². The molecule has 0 bridgehead atoms. The van der Waals surface area contributed by atoms with Crippen LogP contribution in [0.15, 0.2) is 36.1 Å². The standard InChI is InChI=1S/C13H16N4S/c1-3-14-4-2-11(1)12(13-16-7-10-18-13)17-8-5-15-6-9-17/h1-4,7,10,12,15H,5-6,8-9H2. The van der Waals surface area contributed by atoms with E-state index < -0.39 is 0 Å². The third-order valence-electron chi connectivity index (χ3n) is 3.22. The first kappa shape index (κ1) is 11.8. The second-order valence-corrected chi connectivity index (χ2v) is 5.27. The highest BCUT2D eigenvalue weighted by atomic mass is 32.1. The highest BCUT2D eigenvalue weighted by molar-refractivity contribution is 7.09. The quantitative estimate of drug-likeness (QED) is 0.909. The van der Waals surface area contributed by atoms with Crippen molar-refractivity contribution in [2.24, 2.45) is 0 Å². The Kier molecular flexibility index (Phi) is 3.64. The van der Waals surface area contributed by atoms with Gasteiger partial charge in [0.1, 0.15) is 5.01 Å². The maximum absolute atomic E-state index is 4.50. The Labute approximate surface area is 111 Å². The monoisotopic (exact) mass is 260 g/mol. The Morgan fingerprint density at radius 2 is 1.94 bits per heavy atom. The van der Waals surface area contributed by atoms with Gasteiger partial charge in [0.25, 0.3) is 0 Å². The van der Waals surface area contributed by atoms with Crippen LogP contribution in [0, 0.1) is 0 Å². The van der Waals surface area contributed by atoms with Gasteiger partial charge in [-0.05, 0) is 17.7 Å². The van der Waals surface area contributed by atoms with Crippen molar-refractivity contribution in [3.05, 3.63) is 46.7 Å². The van der Waals surface area contributed by atoms with Crippen molar-refractivity contribution >= 4 is 11.3 Å². The van der Waals surface area contributed by atoms with Crippen molar-refractivity contribution in [1.82, 2.24) is 20.2 Å². The number of nitrogens with one attached hydrogen (secondary N) is 1. The lowest BCUT2D eigenvalue weighted by Gasteiger charge is -2.34. The molecule has 1 fully saturated rings. The lowest BCUT2D eigenvalue weighted by molar-refractivity contribution is 0.198. The van der Waals surface area contributed by atoms with E-state index in [1.807, 2.05) is 24.0 Å². The van der Waals surface area contributed by atoms with Gasteiger partial charge in [0.05, 0.1) is 6.04 Å². The van der Waals surface area contributed by atoms with Crippen molar-refractivity contribution in [2.75, 3.05) is 26.2 Å². The Morgan fingerprint density at radius 1 is 1.17 bits per heavy atom. The summed E-state index contributed by atoms with van der Waals surface area (Å²) in [7, 11) is 0. The minimum atomic E-state index is 0.273. The fraction of sp³-hybridized carbons (Fsp3) is 0.385. The molecule has 0 spiro atoms. The number of nitrogens with zero attached hydrogens (tertiary/aromatic N) is 3. The summed E-state index contributed by atoms with van der Waals surface area (Å²) in [5, 5.41) is 6.61. The van der Waals surface area contributed by atoms with Crippen LogP contribution in [-0.4, -0.2) is 41.0 Å². The molecular weight excluding hydrogens is 244 g/mol. The van der Waals surface area contributed by atoms with E-state index in [4.69, 9.17) is 0 Å². The molecule has 1 N–H and O–H groups in total. The van der Waals surface area contributed by atoms with Crippen molar-refractivity contribution in [1.29, 1.82) is 0 Å². The molecule has 0 saturated carbocycles. The normalized spacial score (nSPS) is 18.7. The summed E-state index contributed by atoms with van der Waals surface area (Å²) in [4.78, 5) is 11.1. The first-order valence-corrected chi connectivity index (χ1v) is 7.07. The highest BCUT2D eigenvalue weighted by Crippen LogP contribution is 2.29. The number of rotatable bonds is 3. The second kappa shape index (κ2) is 5.56. The third kappa shape index (κ3) is 2.43. The molecule has 1 aliphatic heterocycles. The summed E-state index contributed by atoms with van der Waals surface area (Å²) >= 11 is 1.73. The van der Waals surface area contributed by atoms with Gasteiger partial charge < -0.3 is 5.32 Å². The zero-order chi connectivity index (χ0) is 12.2. The molecule has 5 heteroatoms. The SMILES string of the molecule is c1cc(C(c2nccs2)N2CCNCC2)ccn1. The van der Waals surface area contributed by atoms with E-state index in [9.17, 15) is 0 Å². The number of thiazole rings is 1. The van der Waals surface area contributed by atoms with Crippen LogP contribution in [0.4, 0.5) is 0 Å². The number of piperazine rings is 1. The molecule has 1 unspecified atom stereocenters. The summed E-state index contributed by atoms with van der Waals surface area (Å²) in [6.07, 6.45) is 5.60. The van der Waals surface area contributed by atoms with Crippen molar-refractivity contribution in [3.63, 3.8) is 0 Å². The van der Waals surface area contributed by atoms with Gasteiger partial charge in [-0.3, -0.25) is 9.88 Å². The van der Waals surface area contributed by atoms with Crippen LogP contribution in [0.25, 0.3) is 0 Å². The Hall–Kier alpha value is -1.30. The average Bonchev–Trinajstić information content (AvgIpc) is 2.95. The Morgan fingerprint density at radius 3 is 2.61 bits per heavy atom. The molecule has 3 rings (SSSR count). The van der Waals surface area contributed by atoms with Crippen LogP contribution >= 0.6 is 11.3 Å². The molecule has 2 aromatic rings. The van der Waals surface area contributed by atoms with Crippen molar-refractivity contribution in [2.45, 2.75) is 6.04 Å². The summed E-state index contributed by atoms with van der Waals surface area (Å²) in [5.74, 6) is 0. The molecule has 0 radical (unpaired) electrons. The maximum Gasteiger partial charge on any atom is 0.114 e.